The summed E-state index contributed by atoms with van der Waals surface area (Å²) in [6.07, 6.45) is 5.86. The van der Waals surface area contributed by atoms with Crippen molar-refractivity contribution in [2.75, 3.05) is 50.0 Å². The molecule has 1 atom stereocenters. The number of likely N-dealkylation sites (tertiary alicyclic amines) is 1. The quantitative estimate of drug-likeness (QED) is 0.473. The second-order valence-corrected chi connectivity index (χ2v) is 11.1. The third-order valence-corrected chi connectivity index (χ3v) is 6.91. The van der Waals surface area contributed by atoms with Gasteiger partial charge in [0.1, 0.15) is 11.6 Å². The maximum Gasteiger partial charge on any atom is 0.408 e. The SMILES string of the molecule is C[C@@H](NC(=O)OC(C)(C)C)C(=O)N1CCC(n2ncc3c(-c4cnc(N)nc4)nc(N4CCOCC4)nc32)CC1. The number of piperidine rings is 1. The third kappa shape index (κ3) is 6.06. The molecule has 14 nitrogen and oxygen atoms in total. The highest BCUT2D eigenvalue weighted by atomic mass is 16.6. The van der Waals surface area contributed by atoms with Crippen molar-refractivity contribution in [3.63, 3.8) is 0 Å². The van der Waals surface area contributed by atoms with E-state index in [1.54, 1.807) is 51.2 Å². The van der Waals surface area contributed by atoms with Crippen molar-refractivity contribution in [3.8, 4) is 11.3 Å². The number of nitrogen functional groups attached to an aromatic ring is 1. The zero-order valence-corrected chi connectivity index (χ0v) is 23.3. The molecule has 2 fully saturated rings. The number of ether oxygens (including phenoxy) is 2. The summed E-state index contributed by atoms with van der Waals surface area (Å²) in [5, 5.41) is 8.15. The standard InChI is InChI=1S/C26H36N10O4/c1-16(31-25(38)40-26(2,3)4)22(37)34-7-5-18(6-8-34)36-21-19(15-30-36)20(17-13-28-23(27)29-14-17)32-24(33-21)35-9-11-39-12-10-35/h13-16,18H,5-12H2,1-4H3,(H,31,38)(H2,27,28,29)/t16-/m1/s1. The molecule has 3 aromatic heterocycles. The molecule has 3 N–H and O–H groups in total. The number of carbonyl (C=O) groups excluding carboxylic acids is 2. The van der Waals surface area contributed by atoms with Crippen LogP contribution in [0.3, 0.4) is 0 Å². The summed E-state index contributed by atoms with van der Waals surface area (Å²) in [6, 6.07) is -0.649. The fourth-order valence-electron chi connectivity index (χ4n) is 4.92. The number of nitrogens with one attached hydrogen (secondary N) is 1. The van der Waals surface area contributed by atoms with Gasteiger partial charge in [-0.3, -0.25) is 4.79 Å². The molecule has 5 heterocycles. The van der Waals surface area contributed by atoms with Gasteiger partial charge in [0.25, 0.3) is 0 Å². The third-order valence-electron chi connectivity index (χ3n) is 6.91. The van der Waals surface area contributed by atoms with Crippen LogP contribution in [0.1, 0.15) is 46.6 Å². The summed E-state index contributed by atoms with van der Waals surface area (Å²) in [4.78, 5) is 47.1. The highest BCUT2D eigenvalue weighted by molar-refractivity contribution is 5.91. The molecular weight excluding hydrogens is 516 g/mol. The summed E-state index contributed by atoms with van der Waals surface area (Å²) in [5.41, 5.74) is 7.21. The number of hydrogen-bond donors (Lipinski definition) is 2. The molecule has 0 bridgehead atoms. The highest BCUT2D eigenvalue weighted by Gasteiger charge is 2.30. The molecule has 0 radical (unpaired) electrons. The number of nitrogens with two attached hydrogens (primary N) is 1. The summed E-state index contributed by atoms with van der Waals surface area (Å²) >= 11 is 0. The largest absolute Gasteiger partial charge is 0.444 e. The first-order chi connectivity index (χ1) is 19.1. The zero-order valence-electron chi connectivity index (χ0n) is 23.3. The second-order valence-electron chi connectivity index (χ2n) is 11.1. The van der Waals surface area contributed by atoms with E-state index in [9.17, 15) is 9.59 Å². The van der Waals surface area contributed by atoms with E-state index in [1.807, 2.05) is 4.68 Å². The van der Waals surface area contributed by atoms with Gasteiger partial charge in [-0.1, -0.05) is 0 Å². The fraction of sp³-hybridized carbons (Fsp3) is 0.577. The van der Waals surface area contributed by atoms with Gasteiger partial charge >= 0.3 is 6.09 Å². The van der Waals surface area contributed by atoms with Crippen LogP contribution in [0.15, 0.2) is 18.6 Å². The highest BCUT2D eigenvalue weighted by Crippen LogP contribution is 2.32. The lowest BCUT2D eigenvalue weighted by molar-refractivity contribution is -0.134. The summed E-state index contributed by atoms with van der Waals surface area (Å²) < 4.78 is 12.7. The molecule has 0 saturated carbocycles. The molecule has 2 saturated heterocycles. The van der Waals surface area contributed by atoms with Gasteiger partial charge in [0.2, 0.25) is 17.8 Å². The minimum Gasteiger partial charge on any atom is -0.444 e. The van der Waals surface area contributed by atoms with E-state index in [0.29, 0.717) is 69.5 Å². The molecular formula is C26H36N10O4. The molecule has 2 aliphatic heterocycles. The van der Waals surface area contributed by atoms with Crippen molar-refractivity contribution in [3.05, 3.63) is 18.6 Å². The molecule has 40 heavy (non-hydrogen) atoms. The van der Waals surface area contributed by atoms with Crippen molar-refractivity contribution in [1.82, 2.24) is 39.9 Å². The van der Waals surface area contributed by atoms with Crippen LogP contribution in [0.25, 0.3) is 22.3 Å². The zero-order chi connectivity index (χ0) is 28.4. The Balaban J connectivity index is 1.35. The number of fused-ring (bicyclic) bond motifs is 1. The van der Waals surface area contributed by atoms with Crippen molar-refractivity contribution in [2.24, 2.45) is 0 Å². The van der Waals surface area contributed by atoms with Crippen molar-refractivity contribution in [2.45, 2.75) is 58.2 Å². The summed E-state index contributed by atoms with van der Waals surface area (Å²) in [5.74, 6) is 0.645. The van der Waals surface area contributed by atoms with Gasteiger partial charge in [0.05, 0.1) is 36.5 Å². The molecule has 2 aliphatic rings. The maximum absolute atomic E-state index is 13.0. The Bertz CT molecular complexity index is 1360. The number of morpholine rings is 1. The van der Waals surface area contributed by atoms with Gasteiger partial charge < -0.3 is 30.3 Å². The lowest BCUT2D eigenvalue weighted by Crippen LogP contribution is -2.50. The predicted octanol–water partition coefficient (Wildman–Crippen LogP) is 1.78. The van der Waals surface area contributed by atoms with Crippen LogP contribution in [0.4, 0.5) is 16.7 Å². The van der Waals surface area contributed by atoms with Crippen molar-refractivity contribution < 1.29 is 19.1 Å². The Hall–Kier alpha value is -4.07. The van der Waals surface area contributed by atoms with Gasteiger partial charge in [-0.25, -0.2) is 24.4 Å². The van der Waals surface area contributed by atoms with Gasteiger partial charge in [-0.2, -0.15) is 10.1 Å². The van der Waals surface area contributed by atoms with Gasteiger partial charge in [0, 0.05) is 44.1 Å². The van der Waals surface area contributed by atoms with E-state index in [-0.39, 0.29) is 17.9 Å². The smallest absolute Gasteiger partial charge is 0.408 e. The predicted molar refractivity (Wildman–Crippen MR) is 147 cm³/mol. The molecule has 0 spiro atoms. The van der Waals surface area contributed by atoms with Crippen molar-refractivity contribution >= 4 is 34.9 Å². The minimum absolute atomic E-state index is 0.0404. The fourth-order valence-corrected chi connectivity index (χ4v) is 4.92. The van der Waals surface area contributed by atoms with E-state index in [0.717, 1.165) is 10.9 Å². The normalized spacial score (nSPS) is 17.6. The van der Waals surface area contributed by atoms with Crippen LogP contribution >= 0.6 is 0 Å². The molecule has 0 aliphatic carbocycles. The number of alkyl carbamates (subject to hydrolysis) is 1. The lowest BCUT2D eigenvalue weighted by Gasteiger charge is -2.34. The number of hydrogen-bond acceptors (Lipinski definition) is 11. The molecule has 3 aromatic rings. The Morgan fingerprint density at radius 2 is 1.75 bits per heavy atom. The number of nitrogens with zero attached hydrogens (tertiary/aromatic N) is 8. The van der Waals surface area contributed by atoms with Crippen LogP contribution in [-0.4, -0.2) is 97.7 Å². The number of rotatable bonds is 5. The van der Waals surface area contributed by atoms with Crippen LogP contribution in [0.5, 0.6) is 0 Å². The molecule has 214 valence electrons. The Labute approximate surface area is 232 Å². The molecule has 0 unspecified atom stereocenters. The first kappa shape index (κ1) is 27.5. The average Bonchev–Trinajstić information content (AvgIpc) is 3.36. The van der Waals surface area contributed by atoms with E-state index >= 15 is 0 Å². The van der Waals surface area contributed by atoms with Gasteiger partial charge in [-0.15, -0.1) is 0 Å². The number of aromatic nitrogens is 6. The number of amides is 2. The maximum atomic E-state index is 13.0. The van der Waals surface area contributed by atoms with Crippen molar-refractivity contribution in [1.29, 1.82) is 0 Å². The summed E-state index contributed by atoms with van der Waals surface area (Å²) in [7, 11) is 0. The average molecular weight is 553 g/mol. The van der Waals surface area contributed by atoms with Gasteiger partial charge in [-0.05, 0) is 40.5 Å². The van der Waals surface area contributed by atoms with E-state index in [4.69, 9.17) is 30.3 Å². The summed E-state index contributed by atoms with van der Waals surface area (Å²) in [6.45, 7) is 10.7. The molecule has 14 heteroatoms. The van der Waals surface area contributed by atoms with E-state index in [1.165, 1.54) is 0 Å². The van der Waals surface area contributed by atoms with E-state index < -0.39 is 17.7 Å². The van der Waals surface area contributed by atoms with Crippen LogP contribution in [-0.2, 0) is 14.3 Å². The molecule has 5 rings (SSSR count). The van der Waals surface area contributed by atoms with Gasteiger partial charge in [0.15, 0.2) is 5.65 Å². The first-order valence-corrected chi connectivity index (χ1v) is 13.5. The number of anilines is 2. The molecule has 2 amide bonds. The van der Waals surface area contributed by atoms with Crippen LogP contribution in [0.2, 0.25) is 0 Å². The molecule has 0 aromatic carbocycles. The minimum atomic E-state index is -0.689. The lowest BCUT2D eigenvalue weighted by atomic mass is 10.0. The van der Waals surface area contributed by atoms with E-state index in [2.05, 4.69) is 20.2 Å². The van der Waals surface area contributed by atoms with Crippen LogP contribution in [0, 0.1) is 0 Å². The van der Waals surface area contributed by atoms with Crippen LogP contribution < -0.4 is 16.0 Å². The number of carbonyl (C=O) groups is 2. The first-order valence-electron chi connectivity index (χ1n) is 13.5. The topological polar surface area (TPSA) is 167 Å². The Kier molecular flexibility index (Phi) is 7.70. The Morgan fingerprint density at radius 3 is 2.40 bits per heavy atom. The second kappa shape index (κ2) is 11.2. The monoisotopic (exact) mass is 552 g/mol. The Morgan fingerprint density at radius 1 is 1.07 bits per heavy atom.